The average molecular weight is 272 g/mol. The van der Waals surface area contributed by atoms with Crippen LogP contribution >= 0.6 is 11.6 Å². The van der Waals surface area contributed by atoms with E-state index in [1.54, 1.807) is 13.8 Å². The van der Waals surface area contributed by atoms with Crippen LogP contribution in [-0.4, -0.2) is 28.1 Å². The molecule has 6 heteroatoms. The van der Waals surface area contributed by atoms with Crippen molar-refractivity contribution in [1.29, 1.82) is 0 Å². The summed E-state index contributed by atoms with van der Waals surface area (Å²) < 4.78 is 0. The SMILES string of the molecule is CC(C)[C@@H](NC(=O)c1cc(Cl)ccc1O)C(=O)O. The van der Waals surface area contributed by atoms with Crippen LogP contribution in [0, 0.1) is 5.92 Å². The van der Waals surface area contributed by atoms with E-state index in [2.05, 4.69) is 5.32 Å². The van der Waals surface area contributed by atoms with Crippen molar-refractivity contribution in [3.8, 4) is 5.75 Å². The number of aliphatic carboxylic acids is 1. The number of phenolic OH excluding ortho intramolecular Hbond substituents is 1. The smallest absolute Gasteiger partial charge is 0.326 e. The van der Waals surface area contributed by atoms with Crippen molar-refractivity contribution < 1.29 is 19.8 Å². The summed E-state index contributed by atoms with van der Waals surface area (Å²) in [6, 6.07) is 2.98. The molecule has 0 bridgehead atoms. The fourth-order valence-electron chi connectivity index (χ4n) is 1.42. The van der Waals surface area contributed by atoms with Gasteiger partial charge in [-0.3, -0.25) is 4.79 Å². The number of carbonyl (C=O) groups is 2. The number of aromatic hydroxyl groups is 1. The van der Waals surface area contributed by atoms with Gasteiger partial charge < -0.3 is 15.5 Å². The molecule has 0 aliphatic heterocycles. The largest absolute Gasteiger partial charge is 0.507 e. The van der Waals surface area contributed by atoms with Crippen LogP contribution in [0.15, 0.2) is 18.2 Å². The number of carboxylic acid groups (broad SMARTS) is 1. The molecule has 18 heavy (non-hydrogen) atoms. The maximum Gasteiger partial charge on any atom is 0.326 e. The molecule has 98 valence electrons. The number of hydrogen-bond donors (Lipinski definition) is 3. The van der Waals surface area contributed by atoms with Crippen molar-refractivity contribution in [3.05, 3.63) is 28.8 Å². The maximum atomic E-state index is 11.8. The molecule has 0 aromatic heterocycles. The van der Waals surface area contributed by atoms with Crippen LogP contribution in [0.3, 0.4) is 0 Å². The summed E-state index contributed by atoms with van der Waals surface area (Å²) in [5.41, 5.74) is -0.0469. The number of phenols is 1. The van der Waals surface area contributed by atoms with Gasteiger partial charge in [-0.05, 0) is 24.1 Å². The molecule has 0 aliphatic carbocycles. The number of benzene rings is 1. The van der Waals surface area contributed by atoms with Gasteiger partial charge in [0.2, 0.25) is 0 Å². The minimum absolute atomic E-state index is 0.0469. The normalized spacial score (nSPS) is 12.2. The van der Waals surface area contributed by atoms with Crippen molar-refractivity contribution >= 4 is 23.5 Å². The van der Waals surface area contributed by atoms with E-state index < -0.39 is 17.9 Å². The van der Waals surface area contributed by atoms with E-state index in [9.17, 15) is 14.7 Å². The third-order valence-electron chi connectivity index (χ3n) is 2.42. The minimum atomic E-state index is -1.13. The lowest BCUT2D eigenvalue weighted by molar-refractivity contribution is -0.140. The zero-order chi connectivity index (χ0) is 13.9. The van der Waals surface area contributed by atoms with Crippen LogP contribution < -0.4 is 5.32 Å². The fraction of sp³-hybridized carbons (Fsp3) is 0.333. The number of carboxylic acids is 1. The van der Waals surface area contributed by atoms with Gasteiger partial charge in [0.05, 0.1) is 5.56 Å². The highest BCUT2D eigenvalue weighted by Gasteiger charge is 2.25. The molecule has 5 nitrogen and oxygen atoms in total. The molecule has 0 fully saturated rings. The molecule has 0 aliphatic rings. The Morgan fingerprint density at radius 3 is 2.44 bits per heavy atom. The Morgan fingerprint density at radius 2 is 1.94 bits per heavy atom. The molecule has 1 rings (SSSR count). The van der Waals surface area contributed by atoms with Crippen molar-refractivity contribution in [2.45, 2.75) is 19.9 Å². The first-order valence-electron chi connectivity index (χ1n) is 5.35. The predicted molar refractivity (Wildman–Crippen MR) is 66.8 cm³/mol. The zero-order valence-electron chi connectivity index (χ0n) is 9.98. The third kappa shape index (κ3) is 3.37. The van der Waals surface area contributed by atoms with Crippen LogP contribution in [0.1, 0.15) is 24.2 Å². The molecule has 1 atom stereocenters. The lowest BCUT2D eigenvalue weighted by Gasteiger charge is -2.18. The second kappa shape index (κ2) is 5.73. The van der Waals surface area contributed by atoms with Gasteiger partial charge in [0, 0.05) is 5.02 Å². The number of amides is 1. The molecule has 0 heterocycles. The molecule has 3 N–H and O–H groups in total. The molecule has 1 amide bonds. The molecule has 0 spiro atoms. The van der Waals surface area contributed by atoms with E-state index >= 15 is 0 Å². The lowest BCUT2D eigenvalue weighted by atomic mass is 10.0. The molecule has 0 saturated carbocycles. The monoisotopic (exact) mass is 271 g/mol. The van der Waals surface area contributed by atoms with Gasteiger partial charge in [0.15, 0.2) is 0 Å². The Kier molecular flexibility index (Phi) is 4.55. The number of rotatable bonds is 4. The number of nitrogens with one attached hydrogen (secondary N) is 1. The van der Waals surface area contributed by atoms with Crippen LogP contribution in [0.25, 0.3) is 0 Å². The summed E-state index contributed by atoms with van der Waals surface area (Å²) >= 11 is 5.72. The highest BCUT2D eigenvalue weighted by molar-refractivity contribution is 6.31. The van der Waals surface area contributed by atoms with E-state index in [-0.39, 0.29) is 22.3 Å². The van der Waals surface area contributed by atoms with Gasteiger partial charge >= 0.3 is 5.97 Å². The van der Waals surface area contributed by atoms with Crippen molar-refractivity contribution in [3.63, 3.8) is 0 Å². The molecule has 0 saturated heterocycles. The van der Waals surface area contributed by atoms with Crippen LogP contribution in [-0.2, 0) is 4.79 Å². The van der Waals surface area contributed by atoms with Gasteiger partial charge in [-0.15, -0.1) is 0 Å². The average Bonchev–Trinajstić information content (AvgIpc) is 2.28. The summed E-state index contributed by atoms with van der Waals surface area (Å²) in [4.78, 5) is 22.8. The van der Waals surface area contributed by atoms with Gasteiger partial charge in [0.1, 0.15) is 11.8 Å². The highest BCUT2D eigenvalue weighted by atomic mass is 35.5. The quantitative estimate of drug-likeness (QED) is 0.780. The Bertz CT molecular complexity index is 473. The summed E-state index contributed by atoms with van der Waals surface area (Å²) in [7, 11) is 0. The summed E-state index contributed by atoms with van der Waals surface area (Å²) in [6.45, 7) is 3.35. The molecule has 0 unspecified atom stereocenters. The minimum Gasteiger partial charge on any atom is -0.507 e. The first-order chi connectivity index (χ1) is 8.32. The standard InChI is InChI=1S/C12H14ClNO4/c1-6(2)10(12(17)18)14-11(16)8-5-7(13)3-4-9(8)15/h3-6,10,15H,1-2H3,(H,14,16)(H,17,18)/t10-/m1/s1. The second-order valence-corrected chi connectivity index (χ2v) is 4.63. The first kappa shape index (κ1) is 14.3. The molecular formula is C12H14ClNO4. The third-order valence-corrected chi connectivity index (χ3v) is 2.66. The van der Waals surface area contributed by atoms with Gasteiger partial charge in [-0.25, -0.2) is 4.79 Å². The van der Waals surface area contributed by atoms with E-state index in [0.717, 1.165) is 0 Å². The lowest BCUT2D eigenvalue weighted by Crippen LogP contribution is -2.44. The van der Waals surface area contributed by atoms with Crippen LogP contribution in [0.5, 0.6) is 5.75 Å². The topological polar surface area (TPSA) is 86.6 Å². The van der Waals surface area contributed by atoms with Gasteiger partial charge in [0.25, 0.3) is 5.91 Å². The van der Waals surface area contributed by atoms with Crippen LogP contribution in [0.4, 0.5) is 0 Å². The number of carbonyl (C=O) groups excluding carboxylic acids is 1. The fourth-order valence-corrected chi connectivity index (χ4v) is 1.59. The summed E-state index contributed by atoms with van der Waals surface area (Å²) in [5.74, 6) is -2.31. The van der Waals surface area contributed by atoms with Gasteiger partial charge in [-0.1, -0.05) is 25.4 Å². The first-order valence-corrected chi connectivity index (χ1v) is 5.73. The predicted octanol–water partition coefficient (Wildman–Crippen LogP) is 1.88. The van der Waals surface area contributed by atoms with E-state index in [4.69, 9.17) is 16.7 Å². The summed E-state index contributed by atoms with van der Waals surface area (Å²) in [6.07, 6.45) is 0. The Labute approximate surface area is 109 Å². The molecule has 1 aromatic rings. The van der Waals surface area contributed by atoms with Gasteiger partial charge in [-0.2, -0.15) is 0 Å². The second-order valence-electron chi connectivity index (χ2n) is 4.19. The summed E-state index contributed by atoms with van der Waals surface area (Å²) in [5, 5.41) is 21.1. The number of halogens is 1. The highest BCUT2D eigenvalue weighted by Crippen LogP contribution is 2.21. The van der Waals surface area contributed by atoms with E-state index in [0.29, 0.717) is 0 Å². The Morgan fingerprint density at radius 1 is 1.33 bits per heavy atom. The molecule has 1 aromatic carbocycles. The zero-order valence-corrected chi connectivity index (χ0v) is 10.7. The van der Waals surface area contributed by atoms with Crippen molar-refractivity contribution in [2.24, 2.45) is 5.92 Å². The van der Waals surface area contributed by atoms with Crippen LogP contribution in [0.2, 0.25) is 5.02 Å². The van der Waals surface area contributed by atoms with Crippen molar-refractivity contribution in [2.75, 3.05) is 0 Å². The Hall–Kier alpha value is -1.75. The Balaban J connectivity index is 2.94. The molecular weight excluding hydrogens is 258 g/mol. The van der Waals surface area contributed by atoms with E-state index in [1.165, 1.54) is 18.2 Å². The van der Waals surface area contributed by atoms with Crippen molar-refractivity contribution in [1.82, 2.24) is 5.32 Å². The van der Waals surface area contributed by atoms with E-state index in [1.807, 2.05) is 0 Å². The molecule has 0 radical (unpaired) electrons. The number of hydrogen-bond acceptors (Lipinski definition) is 3. The maximum absolute atomic E-state index is 11.8.